The summed E-state index contributed by atoms with van der Waals surface area (Å²) < 4.78 is 0. The Morgan fingerprint density at radius 3 is 2.59 bits per heavy atom. The quantitative estimate of drug-likeness (QED) is 0.468. The van der Waals surface area contributed by atoms with Crippen LogP contribution in [-0.2, 0) is 11.2 Å². The third-order valence-corrected chi connectivity index (χ3v) is 6.34. The Hall–Kier alpha value is -3.03. The molecule has 29 heavy (non-hydrogen) atoms. The maximum absolute atomic E-state index is 13.0. The standard InChI is InChI=1S/C22H21N3O3S/c1-23(17-7-9-18(10-8-17)25(27)28)21(26)15-24-13-11-20-19(12-14-29-20)22(24)16-5-3-2-4-6-16/h2-10,12,14,22H,11,13,15H2,1H3/t22-/m1/s1. The molecule has 0 saturated carbocycles. The van der Waals surface area contributed by atoms with E-state index in [1.165, 1.54) is 28.1 Å². The molecule has 1 aromatic heterocycles. The maximum Gasteiger partial charge on any atom is 0.269 e. The monoisotopic (exact) mass is 407 g/mol. The van der Waals surface area contributed by atoms with E-state index in [1.807, 2.05) is 18.2 Å². The van der Waals surface area contributed by atoms with E-state index in [1.54, 1.807) is 35.4 Å². The minimum absolute atomic E-state index is 0.0137. The fraction of sp³-hybridized carbons (Fsp3) is 0.227. The van der Waals surface area contributed by atoms with Crippen LogP contribution >= 0.6 is 11.3 Å². The number of nitrogens with zero attached hydrogens (tertiary/aromatic N) is 3. The van der Waals surface area contributed by atoms with Gasteiger partial charge in [0.15, 0.2) is 0 Å². The molecule has 7 heteroatoms. The van der Waals surface area contributed by atoms with Crippen molar-refractivity contribution < 1.29 is 9.72 Å². The van der Waals surface area contributed by atoms with Gasteiger partial charge in [0.05, 0.1) is 17.5 Å². The zero-order valence-electron chi connectivity index (χ0n) is 16.0. The molecular formula is C22H21N3O3S. The number of rotatable bonds is 5. The van der Waals surface area contributed by atoms with E-state index in [-0.39, 0.29) is 24.2 Å². The molecule has 2 aromatic carbocycles. The third kappa shape index (κ3) is 3.92. The summed E-state index contributed by atoms with van der Waals surface area (Å²) >= 11 is 1.77. The number of anilines is 1. The van der Waals surface area contributed by atoms with Crippen molar-refractivity contribution in [3.63, 3.8) is 0 Å². The first-order chi connectivity index (χ1) is 14.0. The normalized spacial score (nSPS) is 16.2. The van der Waals surface area contributed by atoms with Crippen LogP contribution in [0, 0.1) is 10.1 Å². The highest BCUT2D eigenvalue weighted by atomic mass is 32.1. The number of likely N-dealkylation sites (N-methyl/N-ethyl adjacent to an activating group) is 1. The first-order valence-corrected chi connectivity index (χ1v) is 10.3. The van der Waals surface area contributed by atoms with E-state index < -0.39 is 4.92 Å². The van der Waals surface area contributed by atoms with E-state index in [0.29, 0.717) is 5.69 Å². The van der Waals surface area contributed by atoms with Gasteiger partial charge in [0.1, 0.15) is 0 Å². The van der Waals surface area contributed by atoms with E-state index >= 15 is 0 Å². The van der Waals surface area contributed by atoms with Crippen molar-refractivity contribution in [3.05, 3.63) is 92.2 Å². The van der Waals surface area contributed by atoms with Crippen LogP contribution in [0.1, 0.15) is 22.0 Å². The summed E-state index contributed by atoms with van der Waals surface area (Å²) in [5.41, 5.74) is 3.11. The zero-order chi connectivity index (χ0) is 20.4. The maximum atomic E-state index is 13.0. The molecule has 1 amide bonds. The SMILES string of the molecule is CN(C(=O)CN1CCc2sccc2[C@H]1c1ccccc1)c1ccc([N+](=O)[O-])cc1. The van der Waals surface area contributed by atoms with Crippen molar-refractivity contribution in [1.29, 1.82) is 0 Å². The Labute approximate surface area is 173 Å². The highest BCUT2D eigenvalue weighted by Crippen LogP contribution is 2.37. The van der Waals surface area contributed by atoms with Crippen molar-refractivity contribution in [2.75, 3.05) is 25.0 Å². The molecule has 0 saturated heterocycles. The van der Waals surface area contributed by atoms with Gasteiger partial charge in [-0.1, -0.05) is 30.3 Å². The molecule has 1 aliphatic rings. The molecule has 148 valence electrons. The lowest BCUT2D eigenvalue weighted by atomic mass is 9.93. The second-order valence-corrected chi connectivity index (χ2v) is 8.06. The highest BCUT2D eigenvalue weighted by molar-refractivity contribution is 7.10. The Bertz CT molecular complexity index is 1020. The lowest BCUT2D eigenvalue weighted by Gasteiger charge is -2.36. The smallest absolute Gasteiger partial charge is 0.269 e. The molecule has 1 aliphatic heterocycles. The lowest BCUT2D eigenvalue weighted by Crippen LogP contribution is -2.43. The number of nitro benzene ring substituents is 1. The Balaban J connectivity index is 1.55. The van der Waals surface area contributed by atoms with Crippen molar-refractivity contribution >= 4 is 28.6 Å². The van der Waals surface area contributed by atoms with E-state index in [4.69, 9.17) is 0 Å². The summed E-state index contributed by atoms with van der Waals surface area (Å²) in [5, 5.41) is 13.0. The van der Waals surface area contributed by atoms with Crippen LogP contribution in [0.2, 0.25) is 0 Å². The first-order valence-electron chi connectivity index (χ1n) is 9.41. The number of fused-ring (bicyclic) bond motifs is 1. The number of nitro groups is 1. The Morgan fingerprint density at radius 2 is 1.90 bits per heavy atom. The summed E-state index contributed by atoms with van der Waals surface area (Å²) in [7, 11) is 1.71. The average Bonchev–Trinajstić information content (AvgIpc) is 3.22. The van der Waals surface area contributed by atoms with Crippen molar-refractivity contribution in [2.45, 2.75) is 12.5 Å². The molecule has 0 N–H and O–H groups in total. The predicted octanol–water partition coefficient (Wildman–Crippen LogP) is 4.27. The van der Waals surface area contributed by atoms with Gasteiger partial charge in [-0.3, -0.25) is 19.8 Å². The lowest BCUT2D eigenvalue weighted by molar-refractivity contribution is -0.384. The molecule has 4 rings (SSSR count). The van der Waals surface area contributed by atoms with Crippen LogP contribution in [0.25, 0.3) is 0 Å². The van der Waals surface area contributed by atoms with Crippen LogP contribution in [0.15, 0.2) is 66.0 Å². The molecule has 0 radical (unpaired) electrons. The number of hydrogen-bond donors (Lipinski definition) is 0. The number of benzene rings is 2. The number of non-ortho nitro benzene ring substituents is 1. The second kappa shape index (κ2) is 8.14. The molecule has 0 aliphatic carbocycles. The number of carbonyl (C=O) groups is 1. The molecule has 0 spiro atoms. The van der Waals surface area contributed by atoms with Crippen LogP contribution < -0.4 is 4.90 Å². The number of thiophene rings is 1. The largest absolute Gasteiger partial charge is 0.314 e. The van der Waals surface area contributed by atoms with Crippen LogP contribution in [0.4, 0.5) is 11.4 Å². The fourth-order valence-electron chi connectivity index (χ4n) is 3.79. The summed E-state index contributed by atoms with van der Waals surface area (Å²) in [5.74, 6) is -0.0431. The van der Waals surface area contributed by atoms with Gasteiger partial charge in [-0.25, -0.2) is 0 Å². The van der Waals surface area contributed by atoms with Crippen LogP contribution in [0.3, 0.4) is 0 Å². The van der Waals surface area contributed by atoms with Gasteiger partial charge in [0.2, 0.25) is 5.91 Å². The molecule has 3 aromatic rings. The Morgan fingerprint density at radius 1 is 1.17 bits per heavy atom. The Kier molecular flexibility index (Phi) is 5.42. The first kappa shape index (κ1) is 19.3. The van der Waals surface area contributed by atoms with Crippen molar-refractivity contribution in [1.82, 2.24) is 4.90 Å². The summed E-state index contributed by atoms with van der Waals surface area (Å²) in [6.07, 6.45) is 0.935. The number of hydrogen-bond acceptors (Lipinski definition) is 5. The van der Waals surface area contributed by atoms with Gasteiger partial charge in [0.25, 0.3) is 5.69 Å². The van der Waals surface area contributed by atoms with Gasteiger partial charge in [0, 0.05) is 36.3 Å². The van der Waals surface area contributed by atoms with Gasteiger partial charge in [-0.05, 0) is 41.1 Å². The predicted molar refractivity (Wildman–Crippen MR) is 114 cm³/mol. The molecule has 0 unspecified atom stereocenters. The van der Waals surface area contributed by atoms with Gasteiger partial charge >= 0.3 is 0 Å². The number of amides is 1. The van der Waals surface area contributed by atoms with Gasteiger partial charge in [-0.2, -0.15) is 0 Å². The van der Waals surface area contributed by atoms with E-state index in [0.717, 1.165) is 13.0 Å². The summed E-state index contributed by atoms with van der Waals surface area (Å²) in [6, 6.07) is 18.5. The van der Waals surface area contributed by atoms with Crippen LogP contribution in [0.5, 0.6) is 0 Å². The molecule has 6 nitrogen and oxygen atoms in total. The molecule has 2 heterocycles. The molecule has 0 bridgehead atoms. The topological polar surface area (TPSA) is 66.7 Å². The third-order valence-electron chi connectivity index (χ3n) is 5.34. The summed E-state index contributed by atoms with van der Waals surface area (Å²) in [6.45, 7) is 1.09. The van der Waals surface area contributed by atoms with Gasteiger partial charge in [-0.15, -0.1) is 11.3 Å². The fourth-order valence-corrected chi connectivity index (χ4v) is 4.69. The molecule has 0 fully saturated rings. The second-order valence-electron chi connectivity index (χ2n) is 7.06. The minimum atomic E-state index is -0.442. The van der Waals surface area contributed by atoms with Gasteiger partial charge < -0.3 is 4.90 Å². The number of carbonyl (C=O) groups excluding carboxylic acids is 1. The van der Waals surface area contributed by atoms with Crippen LogP contribution in [-0.4, -0.2) is 35.9 Å². The average molecular weight is 407 g/mol. The van der Waals surface area contributed by atoms with Crippen molar-refractivity contribution in [2.24, 2.45) is 0 Å². The molecular weight excluding hydrogens is 386 g/mol. The van der Waals surface area contributed by atoms with Crippen molar-refractivity contribution in [3.8, 4) is 0 Å². The highest BCUT2D eigenvalue weighted by Gasteiger charge is 2.31. The molecule has 1 atom stereocenters. The summed E-state index contributed by atoms with van der Waals surface area (Å²) in [4.78, 5) is 28.6. The van der Waals surface area contributed by atoms with E-state index in [9.17, 15) is 14.9 Å². The minimum Gasteiger partial charge on any atom is -0.314 e. The van der Waals surface area contributed by atoms with E-state index in [2.05, 4.69) is 28.5 Å². The zero-order valence-corrected chi connectivity index (χ0v) is 16.8.